The molecule has 3 heterocycles. The number of hydrogen-bond acceptors (Lipinski definition) is 7. The monoisotopic (exact) mass is 638 g/mol. The smallest absolute Gasteiger partial charge is 0.419 e. The molecule has 1 aliphatic rings. The lowest BCUT2D eigenvalue weighted by molar-refractivity contribution is -0.145. The van der Waals surface area contributed by atoms with Gasteiger partial charge in [-0.15, -0.1) is 11.3 Å². The third-order valence-electron chi connectivity index (χ3n) is 6.81. The van der Waals surface area contributed by atoms with E-state index in [1.54, 1.807) is 12.1 Å². The van der Waals surface area contributed by atoms with E-state index in [1.807, 2.05) is 17.0 Å². The van der Waals surface area contributed by atoms with Gasteiger partial charge in [0.2, 0.25) is 0 Å². The summed E-state index contributed by atoms with van der Waals surface area (Å²) < 4.78 is 58.8. The van der Waals surface area contributed by atoms with Gasteiger partial charge in [-0.05, 0) is 35.9 Å². The number of rotatable bonds is 6. The molecule has 0 bridgehead atoms. The Kier molecular flexibility index (Phi) is 8.40. The van der Waals surface area contributed by atoms with Crippen molar-refractivity contribution in [3.63, 3.8) is 0 Å². The number of alkyl halides is 3. The van der Waals surface area contributed by atoms with Crippen LogP contribution in [0.3, 0.4) is 0 Å². The first-order chi connectivity index (χ1) is 20.0. The van der Waals surface area contributed by atoms with Gasteiger partial charge in [0.05, 0.1) is 34.9 Å². The van der Waals surface area contributed by atoms with Gasteiger partial charge in [0.1, 0.15) is 11.6 Å². The molecule has 0 saturated carbocycles. The molecule has 42 heavy (non-hydrogen) atoms. The number of carbonyl (C=O) groups excluding carboxylic acids is 2. The predicted molar refractivity (Wildman–Crippen MR) is 152 cm³/mol. The van der Waals surface area contributed by atoms with E-state index in [-0.39, 0.29) is 45.4 Å². The number of pyridine rings is 1. The summed E-state index contributed by atoms with van der Waals surface area (Å²) in [6.45, 7) is 0.694. The second kappa shape index (κ2) is 11.9. The Hall–Kier alpha value is -3.74. The van der Waals surface area contributed by atoms with E-state index in [1.165, 1.54) is 30.8 Å². The highest BCUT2D eigenvalue weighted by molar-refractivity contribution is 7.14. The number of anilines is 2. The second-order valence-electron chi connectivity index (χ2n) is 9.38. The van der Waals surface area contributed by atoms with Crippen LogP contribution in [0.25, 0.3) is 11.3 Å². The van der Waals surface area contributed by atoms with Crippen LogP contribution in [-0.4, -0.2) is 42.0 Å². The van der Waals surface area contributed by atoms with Crippen LogP contribution in [0.2, 0.25) is 10.0 Å². The van der Waals surface area contributed by atoms with E-state index in [0.717, 1.165) is 23.0 Å². The summed E-state index contributed by atoms with van der Waals surface area (Å²) >= 11 is 13.5. The first-order valence-electron chi connectivity index (χ1n) is 12.3. The van der Waals surface area contributed by atoms with Crippen molar-refractivity contribution in [3.05, 3.63) is 92.7 Å². The summed E-state index contributed by atoms with van der Waals surface area (Å²) in [5.41, 5.74) is -0.825. The maximum Gasteiger partial charge on any atom is 0.419 e. The zero-order valence-corrected chi connectivity index (χ0v) is 23.9. The molecule has 5 rings (SSSR count). The van der Waals surface area contributed by atoms with Crippen molar-refractivity contribution >= 4 is 57.4 Å². The minimum absolute atomic E-state index is 0.0401. The Morgan fingerprint density at radius 1 is 1.12 bits per heavy atom. The lowest BCUT2D eigenvalue weighted by Crippen LogP contribution is -2.25. The number of thiazole rings is 1. The predicted octanol–water partition coefficient (Wildman–Crippen LogP) is 7.32. The number of ether oxygens (including phenoxy) is 1. The Morgan fingerprint density at radius 3 is 2.52 bits per heavy atom. The van der Waals surface area contributed by atoms with Gasteiger partial charge in [0, 0.05) is 41.2 Å². The van der Waals surface area contributed by atoms with Crippen molar-refractivity contribution in [1.29, 1.82) is 0 Å². The van der Waals surface area contributed by atoms with Crippen molar-refractivity contribution in [1.82, 2.24) is 9.97 Å². The Bertz CT molecular complexity index is 1650. The lowest BCUT2D eigenvalue weighted by Gasteiger charge is -2.19. The zero-order chi connectivity index (χ0) is 30.2. The number of halogens is 6. The molecule has 0 aliphatic carbocycles. The standard InChI is InChI=1S/C28H20Cl2F4N4O3S/c1-41-26(40)19-12-38(11-18(19)14-5-7-16(29)8-6-14)24-21(30)9-15(10-35-24)25(39)37-27-36-22(13-42-27)17-3-2-4-20(23(17)31)28(32,33)34/h2-10,13,18-19H,11-12H2,1H3,(H,36,37,39). The van der Waals surface area contributed by atoms with Crippen molar-refractivity contribution in [2.24, 2.45) is 5.92 Å². The Balaban J connectivity index is 1.32. The van der Waals surface area contributed by atoms with E-state index < -0.39 is 29.4 Å². The summed E-state index contributed by atoms with van der Waals surface area (Å²) in [6.07, 6.45) is -3.56. The maximum atomic E-state index is 14.5. The molecular weight excluding hydrogens is 619 g/mol. The second-order valence-corrected chi connectivity index (χ2v) is 11.1. The first-order valence-corrected chi connectivity index (χ1v) is 14.0. The Morgan fingerprint density at radius 2 is 1.86 bits per heavy atom. The van der Waals surface area contributed by atoms with Gasteiger partial charge in [0.15, 0.2) is 5.13 Å². The summed E-state index contributed by atoms with van der Waals surface area (Å²) in [5, 5.41) is 4.64. The number of methoxy groups -OCH3 is 1. The highest BCUT2D eigenvalue weighted by Gasteiger charge is 2.40. The number of nitrogens with zero attached hydrogens (tertiary/aromatic N) is 3. The van der Waals surface area contributed by atoms with Crippen molar-refractivity contribution in [2.45, 2.75) is 12.1 Å². The topological polar surface area (TPSA) is 84.4 Å². The van der Waals surface area contributed by atoms with Crippen LogP contribution in [0.1, 0.15) is 27.4 Å². The van der Waals surface area contributed by atoms with E-state index >= 15 is 0 Å². The van der Waals surface area contributed by atoms with Gasteiger partial charge in [0.25, 0.3) is 5.91 Å². The summed E-state index contributed by atoms with van der Waals surface area (Å²) in [5.74, 6) is -2.79. The molecule has 2 aromatic heterocycles. The molecule has 4 aromatic rings. The average molecular weight is 639 g/mol. The van der Waals surface area contributed by atoms with Crippen LogP contribution >= 0.6 is 34.5 Å². The van der Waals surface area contributed by atoms with Gasteiger partial charge in [-0.2, -0.15) is 13.2 Å². The fourth-order valence-corrected chi connectivity index (χ4v) is 5.89. The molecule has 2 aromatic carbocycles. The molecule has 1 saturated heterocycles. The average Bonchev–Trinajstić information content (AvgIpc) is 3.60. The Labute approximate surface area is 251 Å². The fraction of sp³-hybridized carbons (Fsp3) is 0.214. The largest absolute Gasteiger partial charge is 0.469 e. The molecule has 1 amide bonds. The molecule has 218 valence electrons. The van der Waals surface area contributed by atoms with Gasteiger partial charge in [-0.3, -0.25) is 14.9 Å². The molecule has 0 radical (unpaired) electrons. The van der Waals surface area contributed by atoms with Gasteiger partial charge < -0.3 is 9.64 Å². The minimum atomic E-state index is -4.86. The zero-order valence-electron chi connectivity index (χ0n) is 21.6. The van der Waals surface area contributed by atoms with E-state index in [0.29, 0.717) is 23.5 Å². The van der Waals surface area contributed by atoms with Crippen molar-refractivity contribution < 1.29 is 31.9 Å². The van der Waals surface area contributed by atoms with E-state index in [9.17, 15) is 27.2 Å². The van der Waals surface area contributed by atoms with Crippen molar-refractivity contribution in [3.8, 4) is 11.3 Å². The quantitative estimate of drug-likeness (QED) is 0.176. The molecule has 2 atom stereocenters. The number of nitrogens with one attached hydrogen (secondary N) is 1. The van der Waals surface area contributed by atoms with Crippen LogP contribution in [-0.2, 0) is 15.7 Å². The summed E-state index contributed by atoms with van der Waals surface area (Å²) in [6, 6.07) is 11.5. The van der Waals surface area contributed by atoms with Crippen LogP contribution in [0.5, 0.6) is 0 Å². The highest BCUT2D eigenvalue weighted by Crippen LogP contribution is 2.39. The molecule has 7 nitrogen and oxygen atoms in total. The van der Waals surface area contributed by atoms with E-state index in [2.05, 4.69) is 15.3 Å². The van der Waals surface area contributed by atoms with Crippen LogP contribution in [0.15, 0.2) is 60.1 Å². The minimum Gasteiger partial charge on any atom is -0.469 e. The number of hydrogen-bond donors (Lipinski definition) is 1. The normalized spacial score (nSPS) is 16.9. The molecule has 1 aliphatic heterocycles. The first kappa shape index (κ1) is 29.7. The number of amides is 1. The summed E-state index contributed by atoms with van der Waals surface area (Å²) in [4.78, 5) is 35.7. The maximum absolute atomic E-state index is 14.5. The highest BCUT2D eigenvalue weighted by atomic mass is 35.5. The number of esters is 1. The fourth-order valence-electron chi connectivity index (χ4n) is 4.78. The SMILES string of the molecule is COC(=O)C1CN(c2ncc(C(=O)Nc3nc(-c4cccc(C(F)(F)F)c4F)cs3)cc2Cl)CC1c1ccc(Cl)cc1. The molecular formula is C28H20Cl2F4N4O3S. The van der Waals surface area contributed by atoms with Gasteiger partial charge in [-0.25, -0.2) is 14.4 Å². The molecule has 1 fully saturated rings. The number of benzene rings is 2. The summed E-state index contributed by atoms with van der Waals surface area (Å²) in [7, 11) is 1.32. The van der Waals surface area contributed by atoms with Crippen LogP contribution in [0, 0.1) is 11.7 Å². The molecule has 2 unspecified atom stereocenters. The molecule has 14 heteroatoms. The number of carbonyl (C=O) groups is 2. The third kappa shape index (κ3) is 6.06. The van der Waals surface area contributed by atoms with Crippen LogP contribution < -0.4 is 10.2 Å². The van der Waals surface area contributed by atoms with E-state index in [4.69, 9.17) is 27.9 Å². The molecule has 0 spiro atoms. The lowest BCUT2D eigenvalue weighted by atomic mass is 9.89. The molecule has 1 N–H and O–H groups in total. The van der Waals surface area contributed by atoms with Crippen molar-refractivity contribution in [2.75, 3.05) is 30.4 Å². The van der Waals surface area contributed by atoms with Gasteiger partial charge >= 0.3 is 12.1 Å². The number of aromatic nitrogens is 2. The third-order valence-corrected chi connectivity index (χ3v) is 8.10. The van der Waals surface area contributed by atoms with Gasteiger partial charge in [-0.1, -0.05) is 41.4 Å². The van der Waals surface area contributed by atoms with Crippen LogP contribution in [0.4, 0.5) is 28.5 Å².